The number of imide groups is 1. The fourth-order valence-corrected chi connectivity index (χ4v) is 6.72. The maximum atomic E-state index is 13.9. The molecule has 1 aliphatic heterocycles. The van der Waals surface area contributed by atoms with Crippen LogP contribution < -0.4 is 15.8 Å². The number of anilines is 1. The van der Waals surface area contributed by atoms with Gasteiger partial charge in [-0.15, -0.1) is 0 Å². The highest BCUT2D eigenvalue weighted by molar-refractivity contribution is 6.23. The van der Waals surface area contributed by atoms with Crippen LogP contribution in [0.1, 0.15) is 54.8 Å². The molecule has 0 unspecified atom stereocenters. The topological polar surface area (TPSA) is 122 Å². The lowest BCUT2D eigenvalue weighted by Crippen LogP contribution is -2.43. The van der Waals surface area contributed by atoms with Crippen LogP contribution in [0.5, 0.6) is 0 Å². The first-order valence-electron chi connectivity index (χ1n) is 13.9. The maximum Gasteiger partial charge on any atom is 0.338 e. The van der Waals surface area contributed by atoms with E-state index in [1.807, 2.05) is 24.3 Å². The number of hydrazine groups is 1. The predicted molar refractivity (Wildman–Crippen MR) is 155 cm³/mol. The van der Waals surface area contributed by atoms with Crippen molar-refractivity contribution in [1.82, 2.24) is 10.9 Å². The fraction of sp³-hybridized carbons (Fsp3) is 0.147. The number of hydrogen-bond donors (Lipinski definition) is 2. The summed E-state index contributed by atoms with van der Waals surface area (Å²) in [6, 6.07) is 30.4. The van der Waals surface area contributed by atoms with E-state index in [9.17, 15) is 24.0 Å². The first-order valence-corrected chi connectivity index (χ1v) is 13.9. The normalized spacial score (nSPS) is 21.0. The molecule has 4 aromatic carbocycles. The first kappa shape index (κ1) is 26.3. The molecule has 9 heteroatoms. The van der Waals surface area contributed by atoms with Gasteiger partial charge < -0.3 is 4.74 Å². The molecule has 1 heterocycles. The van der Waals surface area contributed by atoms with E-state index in [2.05, 4.69) is 35.1 Å². The van der Waals surface area contributed by atoms with E-state index in [1.165, 1.54) is 29.2 Å². The van der Waals surface area contributed by atoms with Crippen molar-refractivity contribution in [3.8, 4) is 0 Å². The summed E-state index contributed by atoms with van der Waals surface area (Å²) in [7, 11) is 0. The highest BCUT2D eigenvalue weighted by Crippen LogP contribution is 2.61. The molecular formula is C34H25N3O6. The number of esters is 1. The van der Waals surface area contributed by atoms with Gasteiger partial charge in [-0.05, 0) is 58.7 Å². The van der Waals surface area contributed by atoms with Gasteiger partial charge in [-0.2, -0.15) is 0 Å². The molecule has 1 fully saturated rings. The van der Waals surface area contributed by atoms with Crippen molar-refractivity contribution in [1.29, 1.82) is 0 Å². The summed E-state index contributed by atoms with van der Waals surface area (Å²) in [6.45, 7) is -0.619. The average molecular weight is 572 g/mol. The third kappa shape index (κ3) is 4.28. The van der Waals surface area contributed by atoms with Gasteiger partial charge in [-0.3, -0.25) is 30.0 Å². The minimum Gasteiger partial charge on any atom is -0.452 e. The second-order valence-corrected chi connectivity index (χ2v) is 10.8. The molecule has 4 aliphatic rings. The lowest BCUT2D eigenvalue weighted by molar-refractivity contribution is -0.125. The molecule has 4 amide bonds. The molecule has 0 radical (unpaired) electrons. The number of hydrogen-bond acceptors (Lipinski definition) is 6. The fourth-order valence-electron chi connectivity index (χ4n) is 6.72. The Morgan fingerprint density at radius 1 is 0.605 bits per heavy atom. The monoisotopic (exact) mass is 571 g/mol. The Morgan fingerprint density at radius 2 is 1.09 bits per heavy atom. The molecule has 0 spiro atoms. The van der Waals surface area contributed by atoms with E-state index in [-0.39, 0.29) is 29.2 Å². The molecule has 2 atom stereocenters. The van der Waals surface area contributed by atoms with Crippen LogP contribution in [0.4, 0.5) is 5.69 Å². The van der Waals surface area contributed by atoms with Crippen molar-refractivity contribution in [2.75, 3.05) is 11.5 Å². The lowest BCUT2D eigenvalue weighted by atomic mass is 9.55. The Hall–Kier alpha value is -5.57. The Kier molecular flexibility index (Phi) is 6.35. The first-order chi connectivity index (χ1) is 20.9. The minimum absolute atomic E-state index is 0.140. The third-order valence-corrected chi connectivity index (χ3v) is 8.50. The molecule has 2 N–H and O–H groups in total. The summed E-state index contributed by atoms with van der Waals surface area (Å²) in [5, 5.41) is 0. The van der Waals surface area contributed by atoms with Gasteiger partial charge in [0.15, 0.2) is 6.61 Å². The predicted octanol–water partition coefficient (Wildman–Crippen LogP) is 3.70. The number of nitrogens with zero attached hydrogens (tertiary/aromatic N) is 1. The van der Waals surface area contributed by atoms with Gasteiger partial charge in [0, 0.05) is 17.4 Å². The number of ether oxygens (including phenoxy) is 1. The number of carbonyl (C=O) groups is 5. The Morgan fingerprint density at radius 3 is 1.60 bits per heavy atom. The Balaban J connectivity index is 1.04. The highest BCUT2D eigenvalue weighted by atomic mass is 16.5. The van der Waals surface area contributed by atoms with Crippen LogP contribution in [-0.4, -0.2) is 36.2 Å². The molecule has 0 saturated carbocycles. The van der Waals surface area contributed by atoms with E-state index < -0.39 is 36.2 Å². The highest BCUT2D eigenvalue weighted by Gasteiger charge is 2.61. The van der Waals surface area contributed by atoms with Crippen LogP contribution in [0.3, 0.4) is 0 Å². The van der Waals surface area contributed by atoms with Gasteiger partial charge in [-0.1, -0.05) is 66.7 Å². The molecular weight excluding hydrogens is 546 g/mol. The second kappa shape index (κ2) is 10.4. The number of carbonyl (C=O) groups excluding carboxylic acids is 5. The summed E-state index contributed by atoms with van der Waals surface area (Å²) >= 11 is 0. The molecule has 1 saturated heterocycles. The van der Waals surface area contributed by atoms with Gasteiger partial charge >= 0.3 is 5.97 Å². The van der Waals surface area contributed by atoms with E-state index in [1.54, 1.807) is 30.3 Å². The number of nitrogens with one attached hydrogen (secondary N) is 2. The van der Waals surface area contributed by atoms with Crippen LogP contribution in [0.2, 0.25) is 0 Å². The van der Waals surface area contributed by atoms with E-state index in [4.69, 9.17) is 4.74 Å². The summed E-state index contributed by atoms with van der Waals surface area (Å²) in [4.78, 5) is 65.7. The SMILES string of the molecule is O=C(COC(=O)c1ccc(N2C(=O)[C@@H]3C4c5ccccc5C(c5ccccc54)[C@H]3C2=O)cc1)NNC(=O)c1ccccc1. The van der Waals surface area contributed by atoms with Gasteiger partial charge in [0.1, 0.15) is 0 Å². The molecule has 9 nitrogen and oxygen atoms in total. The van der Waals surface area contributed by atoms with E-state index in [0.29, 0.717) is 11.3 Å². The lowest BCUT2D eigenvalue weighted by Gasteiger charge is -2.45. The number of rotatable bonds is 5. The third-order valence-electron chi connectivity index (χ3n) is 8.50. The van der Waals surface area contributed by atoms with Crippen molar-refractivity contribution >= 4 is 35.3 Å². The molecule has 0 aromatic heterocycles. The molecule has 2 bridgehead atoms. The van der Waals surface area contributed by atoms with E-state index in [0.717, 1.165) is 22.3 Å². The van der Waals surface area contributed by atoms with Crippen molar-refractivity contribution in [2.45, 2.75) is 11.8 Å². The van der Waals surface area contributed by atoms with E-state index >= 15 is 0 Å². The molecule has 3 aliphatic carbocycles. The largest absolute Gasteiger partial charge is 0.452 e. The van der Waals surface area contributed by atoms with Crippen LogP contribution in [0.15, 0.2) is 103 Å². The summed E-state index contributed by atoms with van der Waals surface area (Å²) in [5.41, 5.74) is 9.70. The molecule has 4 aromatic rings. The van der Waals surface area contributed by atoms with Crippen molar-refractivity contribution in [3.63, 3.8) is 0 Å². The number of amides is 4. The summed E-state index contributed by atoms with van der Waals surface area (Å²) in [5.74, 6) is -3.93. The van der Waals surface area contributed by atoms with Crippen LogP contribution in [0.25, 0.3) is 0 Å². The number of benzene rings is 4. The minimum atomic E-state index is -0.771. The van der Waals surface area contributed by atoms with Gasteiger partial charge in [0.25, 0.3) is 11.8 Å². The second-order valence-electron chi connectivity index (χ2n) is 10.8. The summed E-state index contributed by atoms with van der Waals surface area (Å²) in [6.07, 6.45) is 0. The average Bonchev–Trinajstić information content (AvgIpc) is 3.32. The van der Waals surface area contributed by atoms with Gasteiger partial charge in [-0.25, -0.2) is 9.69 Å². The quantitative estimate of drug-likeness (QED) is 0.214. The maximum absolute atomic E-state index is 13.9. The Bertz CT molecular complexity index is 1690. The van der Waals surface area contributed by atoms with Crippen LogP contribution >= 0.6 is 0 Å². The Labute approximate surface area is 246 Å². The zero-order chi connectivity index (χ0) is 29.7. The van der Waals surface area contributed by atoms with Crippen LogP contribution in [0, 0.1) is 11.8 Å². The molecule has 43 heavy (non-hydrogen) atoms. The molecule has 212 valence electrons. The summed E-state index contributed by atoms with van der Waals surface area (Å²) < 4.78 is 5.07. The zero-order valence-electron chi connectivity index (χ0n) is 22.7. The zero-order valence-corrected chi connectivity index (χ0v) is 22.7. The standard InChI is InChI=1S/C34H25N3O6/c38-26(35-36-31(39)19-8-2-1-3-9-19)18-43-34(42)20-14-16-21(17-15-20)37-32(40)29-27-22-10-4-5-11-23(22)28(30(29)33(37)41)25-13-7-6-12-24(25)27/h1-17,27-30H,18H2,(H,35,38)(H,36,39)/t27?,28?,29-,30-/m1/s1. The smallest absolute Gasteiger partial charge is 0.338 e. The van der Waals surface area contributed by atoms with Gasteiger partial charge in [0.05, 0.1) is 23.1 Å². The van der Waals surface area contributed by atoms with Crippen molar-refractivity contribution in [3.05, 3.63) is 137 Å². The van der Waals surface area contributed by atoms with Gasteiger partial charge in [0.2, 0.25) is 11.8 Å². The van der Waals surface area contributed by atoms with Crippen molar-refractivity contribution < 1.29 is 28.7 Å². The van der Waals surface area contributed by atoms with Crippen molar-refractivity contribution in [2.24, 2.45) is 11.8 Å². The molecule has 8 rings (SSSR count). The van der Waals surface area contributed by atoms with Crippen LogP contribution in [-0.2, 0) is 19.1 Å².